The van der Waals surface area contributed by atoms with Gasteiger partial charge >= 0.3 is 0 Å². The number of halogens is 1. The molecule has 0 radical (unpaired) electrons. The summed E-state index contributed by atoms with van der Waals surface area (Å²) in [5.74, 6) is 0.886. The zero-order chi connectivity index (χ0) is 13.0. The van der Waals surface area contributed by atoms with E-state index in [0.717, 1.165) is 28.2 Å². The Morgan fingerprint density at radius 3 is 2.78 bits per heavy atom. The second kappa shape index (κ2) is 5.87. The number of anilines is 3. The second-order valence-electron chi connectivity index (χ2n) is 4.04. The lowest BCUT2D eigenvalue weighted by Gasteiger charge is -2.11. The molecule has 1 heterocycles. The van der Waals surface area contributed by atoms with Gasteiger partial charge in [-0.15, -0.1) is 0 Å². The average Bonchev–Trinajstić information content (AvgIpc) is 2.34. The summed E-state index contributed by atoms with van der Waals surface area (Å²) in [7, 11) is 0. The molecule has 2 aromatic rings. The van der Waals surface area contributed by atoms with Crippen LogP contribution in [0.2, 0.25) is 0 Å². The first-order valence-corrected chi connectivity index (χ1v) is 6.71. The molecule has 18 heavy (non-hydrogen) atoms. The van der Waals surface area contributed by atoms with Crippen LogP contribution in [0, 0.1) is 6.92 Å². The number of aryl methyl sites for hydroxylation is 1. The zero-order valence-electron chi connectivity index (χ0n) is 10.5. The molecule has 1 aromatic heterocycles. The SMILES string of the molecule is CCNc1cc(Nc2ccc(Br)cc2C)ccn1. The van der Waals surface area contributed by atoms with Gasteiger partial charge in [-0.05, 0) is 43.7 Å². The first-order valence-electron chi connectivity index (χ1n) is 5.92. The van der Waals surface area contributed by atoms with Crippen LogP contribution in [0.25, 0.3) is 0 Å². The van der Waals surface area contributed by atoms with Crippen molar-refractivity contribution in [2.45, 2.75) is 13.8 Å². The summed E-state index contributed by atoms with van der Waals surface area (Å²) >= 11 is 3.47. The molecule has 3 nitrogen and oxygen atoms in total. The maximum Gasteiger partial charge on any atom is 0.127 e. The minimum absolute atomic E-state index is 0.869. The maximum absolute atomic E-state index is 4.25. The third-order valence-corrected chi connectivity index (χ3v) is 3.08. The number of hydrogen-bond donors (Lipinski definition) is 2. The first-order chi connectivity index (χ1) is 8.69. The summed E-state index contributed by atoms with van der Waals surface area (Å²) in [5.41, 5.74) is 3.34. The van der Waals surface area contributed by atoms with Gasteiger partial charge in [0.1, 0.15) is 5.82 Å². The van der Waals surface area contributed by atoms with Gasteiger partial charge in [-0.25, -0.2) is 4.98 Å². The predicted octanol–water partition coefficient (Wildman–Crippen LogP) is 4.33. The summed E-state index contributed by atoms with van der Waals surface area (Å²) < 4.78 is 1.09. The summed E-state index contributed by atoms with van der Waals surface area (Å²) in [4.78, 5) is 4.25. The third-order valence-electron chi connectivity index (χ3n) is 2.59. The van der Waals surface area contributed by atoms with Gasteiger partial charge in [0, 0.05) is 34.7 Å². The minimum Gasteiger partial charge on any atom is -0.370 e. The first kappa shape index (κ1) is 12.9. The lowest BCUT2D eigenvalue weighted by Crippen LogP contribution is -2.00. The van der Waals surface area contributed by atoms with Gasteiger partial charge in [-0.1, -0.05) is 15.9 Å². The number of benzene rings is 1. The summed E-state index contributed by atoms with van der Waals surface area (Å²) in [5, 5.41) is 6.60. The van der Waals surface area contributed by atoms with Crippen LogP contribution in [0.5, 0.6) is 0 Å². The molecule has 0 saturated carbocycles. The normalized spacial score (nSPS) is 10.2. The van der Waals surface area contributed by atoms with Crippen molar-refractivity contribution in [2.24, 2.45) is 0 Å². The Bertz CT molecular complexity index is 540. The van der Waals surface area contributed by atoms with Crippen LogP contribution in [0.15, 0.2) is 41.0 Å². The molecule has 1 aromatic carbocycles. The van der Waals surface area contributed by atoms with Gasteiger partial charge in [0.05, 0.1) is 0 Å². The average molecular weight is 306 g/mol. The van der Waals surface area contributed by atoms with Crippen LogP contribution in [0.3, 0.4) is 0 Å². The molecule has 0 atom stereocenters. The molecule has 0 bridgehead atoms. The van der Waals surface area contributed by atoms with Crippen LogP contribution < -0.4 is 10.6 Å². The zero-order valence-corrected chi connectivity index (χ0v) is 12.1. The van der Waals surface area contributed by atoms with Crippen LogP contribution in [0.4, 0.5) is 17.2 Å². The number of rotatable bonds is 4. The number of nitrogens with one attached hydrogen (secondary N) is 2. The van der Waals surface area contributed by atoms with Crippen molar-refractivity contribution < 1.29 is 0 Å². The number of aromatic nitrogens is 1. The smallest absolute Gasteiger partial charge is 0.127 e. The Kier molecular flexibility index (Phi) is 4.20. The summed E-state index contributed by atoms with van der Waals surface area (Å²) in [6, 6.07) is 10.1. The number of nitrogens with zero attached hydrogens (tertiary/aromatic N) is 1. The highest BCUT2D eigenvalue weighted by Gasteiger charge is 2.01. The van der Waals surface area contributed by atoms with E-state index in [1.807, 2.05) is 18.2 Å². The molecule has 0 unspecified atom stereocenters. The third kappa shape index (κ3) is 3.23. The molecular weight excluding hydrogens is 290 g/mol. The van der Waals surface area contributed by atoms with Gasteiger partial charge in [0.2, 0.25) is 0 Å². The molecule has 0 aliphatic carbocycles. The van der Waals surface area contributed by atoms with Crippen molar-refractivity contribution in [3.8, 4) is 0 Å². The Morgan fingerprint density at radius 1 is 1.22 bits per heavy atom. The van der Waals surface area contributed by atoms with E-state index in [4.69, 9.17) is 0 Å². The van der Waals surface area contributed by atoms with Gasteiger partial charge in [0.25, 0.3) is 0 Å². The highest BCUT2D eigenvalue weighted by atomic mass is 79.9. The Morgan fingerprint density at radius 2 is 2.06 bits per heavy atom. The van der Waals surface area contributed by atoms with Gasteiger partial charge in [-0.3, -0.25) is 0 Å². The molecule has 0 aliphatic heterocycles. The van der Waals surface area contributed by atoms with Crippen LogP contribution in [-0.4, -0.2) is 11.5 Å². The highest BCUT2D eigenvalue weighted by molar-refractivity contribution is 9.10. The number of hydrogen-bond acceptors (Lipinski definition) is 3. The van der Waals surface area contributed by atoms with E-state index >= 15 is 0 Å². The van der Waals surface area contributed by atoms with Gasteiger partial charge in [-0.2, -0.15) is 0 Å². The molecule has 0 spiro atoms. The van der Waals surface area contributed by atoms with E-state index < -0.39 is 0 Å². The lowest BCUT2D eigenvalue weighted by atomic mass is 10.2. The van der Waals surface area contributed by atoms with Crippen LogP contribution in [-0.2, 0) is 0 Å². The van der Waals surface area contributed by atoms with Gasteiger partial charge < -0.3 is 10.6 Å². The molecule has 94 valence electrons. The van der Waals surface area contributed by atoms with Crippen LogP contribution >= 0.6 is 15.9 Å². The fraction of sp³-hybridized carbons (Fsp3) is 0.214. The van der Waals surface area contributed by atoms with Crippen molar-refractivity contribution >= 4 is 33.1 Å². The lowest BCUT2D eigenvalue weighted by molar-refractivity contribution is 1.16. The fourth-order valence-corrected chi connectivity index (χ4v) is 2.18. The standard InChI is InChI=1S/C14H16BrN3/c1-3-16-14-9-12(6-7-17-14)18-13-5-4-11(15)8-10(13)2/h4-9H,3H2,1-2H3,(H2,16,17,18). The molecule has 2 rings (SSSR count). The van der Waals surface area contributed by atoms with E-state index in [2.05, 4.69) is 57.5 Å². The topological polar surface area (TPSA) is 37.0 Å². The molecule has 2 N–H and O–H groups in total. The van der Waals surface area contributed by atoms with E-state index in [9.17, 15) is 0 Å². The van der Waals surface area contributed by atoms with E-state index in [0.29, 0.717) is 0 Å². The second-order valence-corrected chi connectivity index (χ2v) is 4.96. The van der Waals surface area contributed by atoms with Crippen molar-refractivity contribution in [3.63, 3.8) is 0 Å². The summed E-state index contributed by atoms with van der Waals surface area (Å²) in [6.07, 6.45) is 1.80. The Balaban J connectivity index is 2.20. The van der Waals surface area contributed by atoms with Crippen molar-refractivity contribution in [2.75, 3.05) is 17.2 Å². The minimum atomic E-state index is 0.869. The van der Waals surface area contributed by atoms with Crippen molar-refractivity contribution in [1.82, 2.24) is 4.98 Å². The van der Waals surface area contributed by atoms with E-state index in [1.54, 1.807) is 6.20 Å². The van der Waals surface area contributed by atoms with Crippen molar-refractivity contribution in [1.29, 1.82) is 0 Å². The highest BCUT2D eigenvalue weighted by Crippen LogP contribution is 2.24. The van der Waals surface area contributed by atoms with E-state index in [1.165, 1.54) is 5.56 Å². The molecule has 0 aliphatic rings. The Labute approximate surface area is 116 Å². The van der Waals surface area contributed by atoms with E-state index in [-0.39, 0.29) is 0 Å². The summed E-state index contributed by atoms with van der Waals surface area (Å²) in [6.45, 7) is 5.01. The van der Waals surface area contributed by atoms with Crippen molar-refractivity contribution in [3.05, 3.63) is 46.6 Å². The van der Waals surface area contributed by atoms with Crippen LogP contribution in [0.1, 0.15) is 12.5 Å². The van der Waals surface area contributed by atoms with Gasteiger partial charge in [0.15, 0.2) is 0 Å². The molecule has 0 amide bonds. The monoisotopic (exact) mass is 305 g/mol. The molecule has 4 heteroatoms. The number of pyridine rings is 1. The molecule has 0 saturated heterocycles. The largest absolute Gasteiger partial charge is 0.370 e. The Hall–Kier alpha value is -1.55. The predicted molar refractivity (Wildman–Crippen MR) is 80.6 cm³/mol. The fourth-order valence-electron chi connectivity index (χ4n) is 1.71. The maximum atomic E-state index is 4.25. The quantitative estimate of drug-likeness (QED) is 0.883. The molecule has 0 fully saturated rings. The molecular formula is C14H16BrN3.